The van der Waals surface area contributed by atoms with Crippen LogP contribution in [-0.2, 0) is 4.79 Å². The molecular weight excluding hydrogens is 364 g/mol. The molecule has 0 saturated heterocycles. The Bertz CT molecular complexity index is 590. The lowest BCUT2D eigenvalue weighted by atomic mass is 9.78. The molecule has 6 atom stereocenters. The molecule has 4 heteroatoms. The summed E-state index contributed by atoms with van der Waals surface area (Å²) >= 11 is 0. The Hall–Kier alpha value is -1.13. The number of hydrogen-bond acceptors (Lipinski definition) is 3. The van der Waals surface area contributed by atoms with E-state index in [0.717, 1.165) is 38.0 Å². The number of carboxylic acids is 1. The number of hydrogen-bond donors (Lipinski definition) is 3. The first-order valence-electron chi connectivity index (χ1n) is 11.9. The van der Waals surface area contributed by atoms with Crippen molar-refractivity contribution < 1.29 is 20.1 Å². The van der Waals surface area contributed by atoms with Crippen LogP contribution in [-0.4, -0.2) is 33.5 Å². The fourth-order valence-corrected chi connectivity index (χ4v) is 6.11. The van der Waals surface area contributed by atoms with Crippen LogP contribution in [0.2, 0.25) is 0 Å². The Kier molecular flexibility index (Phi) is 8.37. The number of rotatable bonds is 9. The van der Waals surface area contributed by atoms with Gasteiger partial charge in [0.25, 0.3) is 0 Å². The predicted octanol–water partition coefficient (Wildman–Crippen LogP) is 5.10. The minimum absolute atomic E-state index is 0.143. The Balaban J connectivity index is 1.48. The largest absolute Gasteiger partial charge is 0.481 e. The molecule has 164 valence electrons. The zero-order valence-electron chi connectivity index (χ0n) is 18.0. The van der Waals surface area contributed by atoms with E-state index in [9.17, 15) is 15.0 Å². The standard InChI is InChI=1S/C25H40O4/c1-17(19-8-3-2-4-9-19)13-21(26)11-12-22-23-15-18(7-5-6-10-25(28)29)14-20(23)16-24(22)27/h7,11-12,17,19-24,26-27H,2-6,8-10,13-16H2,1H3,(H,28,29)/b12-11+,18-7+/t17?,20-,21+,22-,23+,24-/m1/s1. The van der Waals surface area contributed by atoms with Gasteiger partial charge < -0.3 is 15.3 Å². The lowest BCUT2D eigenvalue weighted by Crippen LogP contribution is -2.21. The van der Waals surface area contributed by atoms with Crippen molar-refractivity contribution in [3.05, 3.63) is 23.8 Å². The topological polar surface area (TPSA) is 77.8 Å². The first-order chi connectivity index (χ1) is 13.9. The predicted molar refractivity (Wildman–Crippen MR) is 115 cm³/mol. The van der Waals surface area contributed by atoms with Crippen molar-refractivity contribution >= 4 is 5.97 Å². The number of carboxylic acid groups (broad SMARTS) is 1. The minimum atomic E-state index is -0.726. The first-order valence-corrected chi connectivity index (χ1v) is 11.9. The summed E-state index contributed by atoms with van der Waals surface area (Å²) in [5.41, 5.74) is 1.43. The van der Waals surface area contributed by atoms with Crippen LogP contribution in [0.25, 0.3) is 0 Å². The number of carbonyl (C=O) groups is 1. The molecule has 3 fully saturated rings. The monoisotopic (exact) mass is 404 g/mol. The summed E-state index contributed by atoms with van der Waals surface area (Å²) in [5, 5.41) is 29.8. The van der Waals surface area contributed by atoms with Gasteiger partial charge in [0.2, 0.25) is 0 Å². The maximum Gasteiger partial charge on any atom is 0.303 e. The van der Waals surface area contributed by atoms with Crippen LogP contribution in [0.1, 0.15) is 84.0 Å². The summed E-state index contributed by atoms with van der Waals surface area (Å²) in [4.78, 5) is 10.6. The second kappa shape index (κ2) is 10.8. The molecule has 0 aliphatic heterocycles. The number of aliphatic hydroxyl groups excluding tert-OH is 2. The van der Waals surface area contributed by atoms with E-state index >= 15 is 0 Å². The third-order valence-corrected chi connectivity index (χ3v) is 7.76. The minimum Gasteiger partial charge on any atom is -0.481 e. The average molecular weight is 405 g/mol. The summed E-state index contributed by atoms with van der Waals surface area (Å²) in [6.45, 7) is 2.28. The lowest BCUT2D eigenvalue weighted by molar-refractivity contribution is -0.137. The van der Waals surface area contributed by atoms with Crippen LogP contribution in [0.15, 0.2) is 23.8 Å². The molecular formula is C25H40O4. The van der Waals surface area contributed by atoms with Crippen molar-refractivity contribution in [3.8, 4) is 0 Å². The van der Waals surface area contributed by atoms with Gasteiger partial charge in [0.05, 0.1) is 12.2 Å². The normalized spacial score (nSPS) is 34.0. The maximum atomic E-state index is 10.6. The van der Waals surface area contributed by atoms with Crippen LogP contribution in [0.5, 0.6) is 0 Å². The van der Waals surface area contributed by atoms with Gasteiger partial charge >= 0.3 is 5.97 Å². The van der Waals surface area contributed by atoms with Crippen LogP contribution < -0.4 is 0 Å². The van der Waals surface area contributed by atoms with Gasteiger partial charge in [-0.1, -0.05) is 62.8 Å². The first kappa shape index (κ1) is 22.6. The molecule has 3 aliphatic rings. The van der Waals surface area contributed by atoms with Crippen LogP contribution in [0.3, 0.4) is 0 Å². The molecule has 0 heterocycles. The van der Waals surface area contributed by atoms with Gasteiger partial charge in [0, 0.05) is 12.3 Å². The fourth-order valence-electron chi connectivity index (χ4n) is 6.11. The third kappa shape index (κ3) is 6.42. The zero-order valence-corrected chi connectivity index (χ0v) is 18.0. The molecule has 0 radical (unpaired) electrons. The summed E-state index contributed by atoms with van der Waals surface area (Å²) in [6, 6.07) is 0. The van der Waals surface area contributed by atoms with E-state index in [1.807, 2.05) is 6.08 Å². The number of fused-ring (bicyclic) bond motifs is 1. The van der Waals surface area contributed by atoms with Crippen molar-refractivity contribution in [3.63, 3.8) is 0 Å². The van der Waals surface area contributed by atoms with E-state index in [4.69, 9.17) is 5.11 Å². The maximum absolute atomic E-state index is 10.6. The summed E-state index contributed by atoms with van der Waals surface area (Å²) in [5.74, 6) is 1.74. The van der Waals surface area contributed by atoms with E-state index in [1.54, 1.807) is 0 Å². The molecule has 29 heavy (non-hydrogen) atoms. The molecule has 3 saturated carbocycles. The molecule has 4 nitrogen and oxygen atoms in total. The van der Waals surface area contributed by atoms with E-state index in [0.29, 0.717) is 24.2 Å². The van der Waals surface area contributed by atoms with Crippen molar-refractivity contribution in [2.24, 2.45) is 29.6 Å². The van der Waals surface area contributed by atoms with Crippen LogP contribution in [0, 0.1) is 29.6 Å². The highest BCUT2D eigenvalue weighted by Gasteiger charge is 2.44. The van der Waals surface area contributed by atoms with Gasteiger partial charge in [0.15, 0.2) is 0 Å². The van der Waals surface area contributed by atoms with E-state index in [1.165, 1.54) is 37.7 Å². The molecule has 0 aromatic heterocycles. The van der Waals surface area contributed by atoms with E-state index in [2.05, 4.69) is 19.1 Å². The highest BCUT2D eigenvalue weighted by Crippen LogP contribution is 2.50. The molecule has 3 N–H and O–H groups in total. The summed E-state index contributed by atoms with van der Waals surface area (Å²) in [6.07, 6.45) is 17.7. The lowest BCUT2D eigenvalue weighted by Gasteiger charge is -2.28. The molecule has 3 rings (SSSR count). The van der Waals surface area contributed by atoms with Crippen molar-refractivity contribution in [2.45, 2.75) is 96.2 Å². The number of allylic oxidation sites excluding steroid dienone is 2. The molecule has 0 spiro atoms. The van der Waals surface area contributed by atoms with E-state index < -0.39 is 12.1 Å². The van der Waals surface area contributed by atoms with Gasteiger partial charge in [0.1, 0.15) is 0 Å². The number of unbranched alkanes of at least 4 members (excludes halogenated alkanes) is 1. The Labute approximate surface area is 176 Å². The van der Waals surface area contributed by atoms with Gasteiger partial charge in [-0.15, -0.1) is 0 Å². The Morgan fingerprint density at radius 2 is 1.97 bits per heavy atom. The van der Waals surface area contributed by atoms with Gasteiger partial charge in [-0.25, -0.2) is 0 Å². The number of aliphatic hydroxyl groups is 2. The molecule has 0 aromatic rings. The highest BCUT2D eigenvalue weighted by molar-refractivity contribution is 5.66. The van der Waals surface area contributed by atoms with Gasteiger partial charge in [-0.3, -0.25) is 4.79 Å². The molecule has 0 amide bonds. The summed E-state index contributed by atoms with van der Waals surface area (Å²) < 4.78 is 0. The van der Waals surface area contributed by atoms with Gasteiger partial charge in [-0.2, -0.15) is 0 Å². The SMILES string of the molecule is CC(C[C@@H](O)/C=C/[C@@H]1[C@H]2C/C(=C/CCCC(=O)O)C[C@@H]2C[C@H]1O)C1CCCCC1. The zero-order chi connectivity index (χ0) is 20.8. The Morgan fingerprint density at radius 3 is 2.69 bits per heavy atom. The molecule has 0 aromatic carbocycles. The molecule has 0 bridgehead atoms. The summed E-state index contributed by atoms with van der Waals surface area (Å²) in [7, 11) is 0. The third-order valence-electron chi connectivity index (χ3n) is 7.76. The highest BCUT2D eigenvalue weighted by atomic mass is 16.4. The van der Waals surface area contributed by atoms with Crippen molar-refractivity contribution in [2.75, 3.05) is 0 Å². The van der Waals surface area contributed by atoms with Crippen LogP contribution in [0.4, 0.5) is 0 Å². The average Bonchev–Trinajstić information content (AvgIpc) is 3.20. The fraction of sp³-hybridized carbons (Fsp3) is 0.800. The smallest absolute Gasteiger partial charge is 0.303 e. The molecule has 1 unspecified atom stereocenters. The Morgan fingerprint density at radius 1 is 1.21 bits per heavy atom. The van der Waals surface area contributed by atoms with Crippen LogP contribution >= 0.6 is 0 Å². The number of aliphatic carboxylic acids is 1. The second-order valence-corrected chi connectivity index (χ2v) is 9.92. The molecule has 3 aliphatic carbocycles. The second-order valence-electron chi connectivity index (χ2n) is 9.92. The van der Waals surface area contributed by atoms with E-state index in [-0.39, 0.29) is 18.4 Å². The quantitative estimate of drug-likeness (QED) is 0.369. The van der Waals surface area contributed by atoms with Crippen molar-refractivity contribution in [1.29, 1.82) is 0 Å². The van der Waals surface area contributed by atoms with Crippen molar-refractivity contribution in [1.82, 2.24) is 0 Å². The van der Waals surface area contributed by atoms with Gasteiger partial charge in [-0.05, 0) is 62.2 Å².